The van der Waals surface area contributed by atoms with Gasteiger partial charge in [-0.1, -0.05) is 15.9 Å². The van der Waals surface area contributed by atoms with Crippen molar-refractivity contribution in [3.8, 4) is 11.6 Å². The van der Waals surface area contributed by atoms with Gasteiger partial charge in [0.2, 0.25) is 5.88 Å². The van der Waals surface area contributed by atoms with Gasteiger partial charge in [-0.2, -0.15) is 0 Å². The Labute approximate surface area is 125 Å². The van der Waals surface area contributed by atoms with Gasteiger partial charge in [-0.3, -0.25) is 0 Å². The second kappa shape index (κ2) is 5.89. The first-order valence-corrected chi connectivity index (χ1v) is 7.31. The maximum absolute atomic E-state index is 13.3. The van der Waals surface area contributed by atoms with Gasteiger partial charge in [0.1, 0.15) is 11.6 Å². The molecule has 0 radical (unpaired) electrons. The van der Waals surface area contributed by atoms with Gasteiger partial charge in [-0.15, -0.1) is 0 Å². The molecule has 0 bridgehead atoms. The quantitative estimate of drug-likeness (QED) is 0.895. The fraction of sp³-hybridized carbons (Fsp3) is 0.267. The van der Waals surface area contributed by atoms with Gasteiger partial charge in [0.15, 0.2) is 0 Å². The van der Waals surface area contributed by atoms with Crippen LogP contribution in [0.4, 0.5) is 4.39 Å². The van der Waals surface area contributed by atoms with E-state index in [2.05, 4.69) is 26.2 Å². The lowest BCUT2D eigenvalue weighted by molar-refractivity contribution is 0.448. The lowest BCUT2D eigenvalue weighted by atomic mass is 10.2. The van der Waals surface area contributed by atoms with Crippen molar-refractivity contribution in [2.75, 3.05) is 0 Å². The average molecular weight is 337 g/mol. The number of hydrogen-bond donors (Lipinski definition) is 1. The zero-order valence-electron chi connectivity index (χ0n) is 10.8. The minimum absolute atomic E-state index is 0.347. The predicted octanol–water partition coefficient (Wildman–Crippen LogP) is 4.03. The highest BCUT2D eigenvalue weighted by molar-refractivity contribution is 9.10. The van der Waals surface area contributed by atoms with Crippen molar-refractivity contribution < 1.29 is 9.13 Å². The van der Waals surface area contributed by atoms with Crippen LogP contribution in [0.5, 0.6) is 11.6 Å². The van der Waals surface area contributed by atoms with E-state index in [9.17, 15) is 4.39 Å². The molecule has 1 N–H and O–H groups in total. The third-order valence-corrected chi connectivity index (χ3v) is 3.61. The van der Waals surface area contributed by atoms with E-state index in [4.69, 9.17) is 4.74 Å². The number of hydrogen-bond acceptors (Lipinski definition) is 3. The van der Waals surface area contributed by atoms with Crippen molar-refractivity contribution in [2.24, 2.45) is 0 Å². The number of pyridine rings is 1. The van der Waals surface area contributed by atoms with Gasteiger partial charge in [0.05, 0.1) is 6.20 Å². The Morgan fingerprint density at radius 2 is 2.05 bits per heavy atom. The first kappa shape index (κ1) is 13.5. The number of aromatic nitrogens is 1. The Morgan fingerprint density at radius 1 is 1.30 bits per heavy atom. The molecule has 2 aromatic rings. The topological polar surface area (TPSA) is 34.1 Å². The average Bonchev–Trinajstić information content (AvgIpc) is 3.25. The van der Waals surface area contributed by atoms with Crippen LogP contribution in [-0.4, -0.2) is 11.0 Å². The molecule has 0 aliphatic heterocycles. The molecule has 1 aliphatic carbocycles. The second-order valence-electron chi connectivity index (χ2n) is 4.83. The zero-order valence-corrected chi connectivity index (χ0v) is 12.4. The van der Waals surface area contributed by atoms with Crippen molar-refractivity contribution in [3.05, 3.63) is 52.4 Å². The number of ether oxygens (including phenoxy) is 1. The molecule has 1 aromatic heterocycles. The summed E-state index contributed by atoms with van der Waals surface area (Å²) in [7, 11) is 0. The van der Waals surface area contributed by atoms with Crippen molar-refractivity contribution in [1.82, 2.24) is 10.3 Å². The van der Waals surface area contributed by atoms with E-state index in [0.29, 0.717) is 24.2 Å². The Kier molecular flexibility index (Phi) is 3.98. The minimum Gasteiger partial charge on any atom is -0.439 e. The third-order valence-electron chi connectivity index (χ3n) is 3.08. The van der Waals surface area contributed by atoms with Gasteiger partial charge in [-0.05, 0) is 43.2 Å². The van der Waals surface area contributed by atoms with Crippen LogP contribution in [-0.2, 0) is 6.54 Å². The van der Waals surface area contributed by atoms with Crippen LogP contribution < -0.4 is 10.1 Å². The third kappa shape index (κ3) is 3.55. The van der Waals surface area contributed by atoms with Crippen molar-refractivity contribution >= 4 is 15.9 Å². The van der Waals surface area contributed by atoms with Crippen LogP contribution in [0.3, 0.4) is 0 Å². The molecule has 3 rings (SSSR count). The smallest absolute Gasteiger partial charge is 0.223 e. The molecular formula is C15H14BrFN2O. The molecule has 5 heteroatoms. The fourth-order valence-corrected chi connectivity index (χ4v) is 2.11. The number of benzene rings is 1. The largest absolute Gasteiger partial charge is 0.439 e. The van der Waals surface area contributed by atoms with Crippen LogP contribution in [0.15, 0.2) is 41.0 Å². The summed E-state index contributed by atoms with van der Waals surface area (Å²) in [6, 6.07) is 9.48. The summed E-state index contributed by atoms with van der Waals surface area (Å²) in [4.78, 5) is 4.05. The van der Waals surface area contributed by atoms with Crippen molar-refractivity contribution in [2.45, 2.75) is 25.4 Å². The van der Waals surface area contributed by atoms with Crippen LogP contribution in [0.2, 0.25) is 0 Å². The fourth-order valence-electron chi connectivity index (χ4n) is 1.84. The summed E-state index contributed by atoms with van der Waals surface area (Å²) < 4.78 is 20.0. The van der Waals surface area contributed by atoms with E-state index < -0.39 is 0 Å². The summed E-state index contributed by atoms with van der Waals surface area (Å²) in [5, 5.41) is 3.34. The highest BCUT2D eigenvalue weighted by Gasteiger charge is 2.21. The lowest BCUT2D eigenvalue weighted by Crippen LogP contribution is -2.16. The monoisotopic (exact) mass is 336 g/mol. The molecule has 1 aromatic carbocycles. The molecule has 1 saturated carbocycles. The molecule has 1 heterocycles. The van der Waals surface area contributed by atoms with Crippen LogP contribution >= 0.6 is 15.9 Å². The summed E-state index contributed by atoms with van der Waals surface area (Å²) in [5.41, 5.74) is 0.736. The Balaban J connectivity index is 1.77. The summed E-state index contributed by atoms with van der Waals surface area (Å²) in [6.45, 7) is 0.571. The molecule has 104 valence electrons. The molecule has 3 nitrogen and oxygen atoms in total. The van der Waals surface area contributed by atoms with Gasteiger partial charge < -0.3 is 10.1 Å². The van der Waals surface area contributed by atoms with Crippen LogP contribution in [0.1, 0.15) is 18.4 Å². The van der Waals surface area contributed by atoms with E-state index in [1.807, 2.05) is 24.3 Å². The molecule has 0 atom stereocenters. The standard InChI is InChI=1S/C15H14BrFN2O/c16-11-1-5-14(6-2-11)20-15-10(7-12(17)9-19-15)8-18-13-3-4-13/h1-2,5-7,9,13,18H,3-4,8H2. The van der Waals surface area contributed by atoms with Crippen LogP contribution in [0, 0.1) is 5.82 Å². The van der Waals surface area contributed by atoms with Gasteiger partial charge >= 0.3 is 0 Å². The first-order valence-electron chi connectivity index (χ1n) is 6.52. The molecule has 0 spiro atoms. The van der Waals surface area contributed by atoms with E-state index in [-0.39, 0.29) is 5.82 Å². The Hall–Kier alpha value is -1.46. The first-order chi connectivity index (χ1) is 9.70. The minimum atomic E-state index is -0.347. The van der Waals surface area contributed by atoms with E-state index in [1.165, 1.54) is 25.1 Å². The van der Waals surface area contributed by atoms with Gasteiger partial charge in [-0.25, -0.2) is 9.37 Å². The van der Waals surface area contributed by atoms with E-state index in [1.54, 1.807) is 0 Å². The summed E-state index contributed by atoms with van der Waals surface area (Å²) in [5.74, 6) is 0.780. The van der Waals surface area contributed by atoms with E-state index >= 15 is 0 Å². The number of nitrogens with zero attached hydrogens (tertiary/aromatic N) is 1. The maximum atomic E-state index is 13.3. The van der Waals surface area contributed by atoms with Gasteiger partial charge in [0, 0.05) is 22.6 Å². The highest BCUT2D eigenvalue weighted by Crippen LogP contribution is 2.26. The molecule has 20 heavy (non-hydrogen) atoms. The van der Waals surface area contributed by atoms with Crippen molar-refractivity contribution in [3.63, 3.8) is 0 Å². The summed E-state index contributed by atoms with van der Waals surface area (Å²) in [6.07, 6.45) is 3.55. The highest BCUT2D eigenvalue weighted by atomic mass is 79.9. The molecule has 1 aliphatic rings. The molecular weight excluding hydrogens is 323 g/mol. The van der Waals surface area contributed by atoms with Crippen LogP contribution in [0.25, 0.3) is 0 Å². The SMILES string of the molecule is Fc1cnc(Oc2ccc(Br)cc2)c(CNC2CC2)c1. The summed E-state index contributed by atoms with van der Waals surface area (Å²) >= 11 is 3.37. The molecule has 0 amide bonds. The predicted molar refractivity (Wildman–Crippen MR) is 78.3 cm³/mol. The van der Waals surface area contributed by atoms with Crippen molar-refractivity contribution in [1.29, 1.82) is 0 Å². The molecule has 1 fully saturated rings. The van der Waals surface area contributed by atoms with Gasteiger partial charge in [0.25, 0.3) is 0 Å². The zero-order chi connectivity index (χ0) is 13.9. The molecule has 0 unspecified atom stereocenters. The Morgan fingerprint density at radius 3 is 2.75 bits per heavy atom. The second-order valence-corrected chi connectivity index (χ2v) is 5.74. The lowest BCUT2D eigenvalue weighted by Gasteiger charge is -2.11. The maximum Gasteiger partial charge on any atom is 0.223 e. The number of rotatable bonds is 5. The van der Waals surface area contributed by atoms with E-state index in [0.717, 1.165) is 10.0 Å². The normalized spacial score (nSPS) is 14.3. The number of nitrogens with one attached hydrogen (secondary N) is 1. The Bertz CT molecular complexity index is 599. The number of halogens is 2. The molecule has 0 saturated heterocycles.